The largest absolute Gasteiger partial charge is 0.416 e. The first-order chi connectivity index (χ1) is 6.93. The molecule has 0 aliphatic carbocycles. The first kappa shape index (κ1) is 12.0. The molecule has 0 aliphatic rings. The van der Waals surface area contributed by atoms with Crippen molar-refractivity contribution in [2.24, 2.45) is 5.73 Å². The fourth-order valence-electron chi connectivity index (χ4n) is 1.17. The van der Waals surface area contributed by atoms with Crippen LogP contribution in [0.5, 0.6) is 0 Å². The van der Waals surface area contributed by atoms with Crippen LogP contribution in [0, 0.1) is 0 Å². The van der Waals surface area contributed by atoms with Crippen molar-refractivity contribution in [2.75, 3.05) is 0 Å². The minimum atomic E-state index is -4.35. The molecule has 6 heteroatoms. The minimum Gasteiger partial charge on any atom is -0.315 e. The fraction of sp³-hybridized carbons (Fsp3) is 0.333. The molecule has 0 aromatic heterocycles. The zero-order chi connectivity index (χ0) is 11.5. The summed E-state index contributed by atoms with van der Waals surface area (Å²) in [6.45, 7) is 0. The van der Waals surface area contributed by atoms with Gasteiger partial charge in [-0.15, -0.1) is 0 Å². The summed E-state index contributed by atoms with van der Waals surface area (Å²) in [5.41, 5.74) is 6.79. The molecular weight excluding hydrogens is 209 g/mol. The van der Waals surface area contributed by atoms with E-state index in [1.807, 2.05) is 0 Å². The van der Waals surface area contributed by atoms with Gasteiger partial charge in [0.05, 0.1) is 11.7 Å². The Morgan fingerprint density at radius 1 is 1.40 bits per heavy atom. The third kappa shape index (κ3) is 3.50. The Labute approximate surface area is 84.7 Å². The van der Waals surface area contributed by atoms with Gasteiger partial charge >= 0.3 is 6.18 Å². The van der Waals surface area contributed by atoms with Crippen molar-refractivity contribution in [3.05, 3.63) is 35.4 Å². The third-order valence-corrected chi connectivity index (χ3v) is 1.88. The van der Waals surface area contributed by atoms with Crippen LogP contribution in [0.4, 0.5) is 13.2 Å². The zero-order valence-corrected chi connectivity index (χ0v) is 7.75. The Bertz CT molecular complexity index is 327. The standard InChI is InChI=1S/C9H11F3N2O/c10-9(11,12)7-3-1-2-6(4-7)5-8(13)14-15/h1-4,8,14-15H,5,13H2. The Hall–Kier alpha value is -1.11. The molecule has 0 aliphatic heterocycles. The number of alkyl halides is 3. The smallest absolute Gasteiger partial charge is 0.315 e. The van der Waals surface area contributed by atoms with E-state index in [0.29, 0.717) is 5.56 Å². The molecule has 1 aromatic rings. The SMILES string of the molecule is NC(Cc1cccc(C(F)(F)F)c1)NO. The second kappa shape index (κ2) is 4.61. The highest BCUT2D eigenvalue weighted by Crippen LogP contribution is 2.29. The van der Waals surface area contributed by atoms with Crippen LogP contribution in [0.1, 0.15) is 11.1 Å². The van der Waals surface area contributed by atoms with E-state index in [0.717, 1.165) is 12.1 Å². The monoisotopic (exact) mass is 220 g/mol. The van der Waals surface area contributed by atoms with E-state index < -0.39 is 17.9 Å². The number of benzene rings is 1. The molecule has 1 aromatic carbocycles. The fourth-order valence-corrected chi connectivity index (χ4v) is 1.17. The summed E-state index contributed by atoms with van der Waals surface area (Å²) in [5.74, 6) is 0. The quantitative estimate of drug-likeness (QED) is 0.534. The molecule has 3 nitrogen and oxygen atoms in total. The van der Waals surface area contributed by atoms with Crippen LogP contribution in [0.25, 0.3) is 0 Å². The zero-order valence-electron chi connectivity index (χ0n) is 7.75. The first-order valence-electron chi connectivity index (χ1n) is 4.25. The normalized spacial score (nSPS) is 13.9. The van der Waals surface area contributed by atoms with E-state index in [1.54, 1.807) is 5.48 Å². The topological polar surface area (TPSA) is 58.3 Å². The molecule has 1 atom stereocenters. The van der Waals surface area contributed by atoms with E-state index in [-0.39, 0.29) is 6.42 Å². The van der Waals surface area contributed by atoms with Gasteiger partial charge in [0.15, 0.2) is 0 Å². The lowest BCUT2D eigenvalue weighted by Gasteiger charge is -2.11. The molecule has 84 valence electrons. The molecule has 0 bridgehead atoms. The maximum atomic E-state index is 12.3. The molecule has 0 radical (unpaired) electrons. The summed E-state index contributed by atoms with van der Waals surface area (Å²) in [6, 6.07) is 4.83. The van der Waals surface area contributed by atoms with Crippen molar-refractivity contribution in [3.8, 4) is 0 Å². The van der Waals surface area contributed by atoms with E-state index in [9.17, 15) is 13.2 Å². The van der Waals surface area contributed by atoms with E-state index in [2.05, 4.69) is 0 Å². The van der Waals surface area contributed by atoms with Gasteiger partial charge in [-0.05, 0) is 11.6 Å². The molecule has 0 heterocycles. The highest BCUT2D eigenvalue weighted by molar-refractivity contribution is 5.26. The van der Waals surface area contributed by atoms with Crippen LogP contribution < -0.4 is 11.2 Å². The Kier molecular flexibility index (Phi) is 3.67. The van der Waals surface area contributed by atoms with Crippen molar-refractivity contribution in [2.45, 2.75) is 18.8 Å². The molecule has 0 saturated carbocycles. The van der Waals surface area contributed by atoms with Crippen LogP contribution >= 0.6 is 0 Å². The first-order valence-corrected chi connectivity index (χ1v) is 4.25. The van der Waals surface area contributed by atoms with Crippen molar-refractivity contribution in [1.29, 1.82) is 0 Å². The maximum absolute atomic E-state index is 12.3. The predicted molar refractivity (Wildman–Crippen MR) is 48.0 cm³/mol. The third-order valence-electron chi connectivity index (χ3n) is 1.88. The van der Waals surface area contributed by atoms with Crippen LogP contribution in [-0.2, 0) is 12.6 Å². The van der Waals surface area contributed by atoms with Gasteiger partial charge in [0.1, 0.15) is 0 Å². The predicted octanol–water partition coefficient (Wildman–Crippen LogP) is 1.51. The number of hydrogen-bond donors (Lipinski definition) is 3. The van der Waals surface area contributed by atoms with E-state index in [1.165, 1.54) is 12.1 Å². The van der Waals surface area contributed by atoms with E-state index in [4.69, 9.17) is 10.9 Å². The second-order valence-electron chi connectivity index (χ2n) is 3.14. The highest BCUT2D eigenvalue weighted by atomic mass is 19.4. The molecule has 0 amide bonds. The second-order valence-corrected chi connectivity index (χ2v) is 3.14. The summed E-state index contributed by atoms with van der Waals surface area (Å²) < 4.78 is 36.9. The number of nitrogens with two attached hydrogens (primary N) is 1. The summed E-state index contributed by atoms with van der Waals surface area (Å²) in [7, 11) is 0. The van der Waals surface area contributed by atoms with Crippen LogP contribution in [0.3, 0.4) is 0 Å². The van der Waals surface area contributed by atoms with Crippen molar-refractivity contribution in [1.82, 2.24) is 5.48 Å². The van der Waals surface area contributed by atoms with Crippen molar-refractivity contribution in [3.63, 3.8) is 0 Å². The average molecular weight is 220 g/mol. The summed E-state index contributed by atoms with van der Waals surface area (Å²) in [4.78, 5) is 0. The molecule has 0 saturated heterocycles. The molecule has 0 spiro atoms. The van der Waals surface area contributed by atoms with Gasteiger partial charge in [-0.2, -0.15) is 18.7 Å². The molecule has 4 N–H and O–H groups in total. The van der Waals surface area contributed by atoms with Gasteiger partial charge in [-0.25, -0.2) is 0 Å². The van der Waals surface area contributed by atoms with Crippen LogP contribution in [0.2, 0.25) is 0 Å². The van der Waals surface area contributed by atoms with Gasteiger partial charge in [0, 0.05) is 6.42 Å². The molecule has 15 heavy (non-hydrogen) atoms. The van der Waals surface area contributed by atoms with Crippen LogP contribution in [0.15, 0.2) is 24.3 Å². The molecule has 1 rings (SSSR count). The van der Waals surface area contributed by atoms with Crippen molar-refractivity contribution < 1.29 is 18.4 Å². The summed E-state index contributed by atoms with van der Waals surface area (Å²) in [6.07, 6.45) is -5.00. The van der Waals surface area contributed by atoms with Gasteiger partial charge in [0.25, 0.3) is 0 Å². The Balaban J connectivity index is 2.84. The number of rotatable bonds is 3. The summed E-state index contributed by atoms with van der Waals surface area (Å²) >= 11 is 0. The van der Waals surface area contributed by atoms with Gasteiger partial charge in [-0.1, -0.05) is 18.2 Å². The maximum Gasteiger partial charge on any atom is 0.416 e. The average Bonchev–Trinajstić information content (AvgIpc) is 2.17. The van der Waals surface area contributed by atoms with Gasteiger partial charge < -0.3 is 10.9 Å². The highest BCUT2D eigenvalue weighted by Gasteiger charge is 2.30. The van der Waals surface area contributed by atoms with Crippen LogP contribution in [-0.4, -0.2) is 11.4 Å². The molecular formula is C9H11F3N2O. The minimum absolute atomic E-state index is 0.125. The lowest BCUT2D eigenvalue weighted by molar-refractivity contribution is -0.137. The molecule has 0 fully saturated rings. The van der Waals surface area contributed by atoms with E-state index >= 15 is 0 Å². The molecule has 1 unspecified atom stereocenters. The number of hydroxylamine groups is 1. The van der Waals surface area contributed by atoms with Gasteiger partial charge in [-0.3, -0.25) is 0 Å². The summed E-state index contributed by atoms with van der Waals surface area (Å²) in [5, 5.41) is 8.43. The number of halogens is 3. The Morgan fingerprint density at radius 3 is 2.60 bits per heavy atom. The van der Waals surface area contributed by atoms with Gasteiger partial charge in [0.2, 0.25) is 0 Å². The van der Waals surface area contributed by atoms with Crippen molar-refractivity contribution >= 4 is 0 Å². The number of hydrogen-bond acceptors (Lipinski definition) is 3. The lowest BCUT2D eigenvalue weighted by Crippen LogP contribution is -2.36. The lowest BCUT2D eigenvalue weighted by atomic mass is 10.1. The Morgan fingerprint density at radius 2 is 2.07 bits per heavy atom. The number of nitrogens with one attached hydrogen (secondary N) is 1.